The van der Waals surface area contributed by atoms with Gasteiger partial charge in [-0.15, -0.1) is 0 Å². The van der Waals surface area contributed by atoms with E-state index in [2.05, 4.69) is 4.98 Å². The Bertz CT molecular complexity index is 786. The molecule has 0 fully saturated rings. The number of nitrogens with zero attached hydrogens (tertiary/aromatic N) is 2. The van der Waals surface area contributed by atoms with Crippen molar-refractivity contribution in [2.75, 3.05) is 19.0 Å². The minimum atomic E-state index is 0.00426. The topological polar surface area (TPSA) is 33.2 Å². The lowest BCUT2D eigenvalue weighted by Crippen LogP contribution is -2.09. The first-order valence-corrected chi connectivity index (χ1v) is 6.81. The molecule has 3 aromatic rings. The Morgan fingerprint density at radius 2 is 1.67 bits per heavy atom. The summed E-state index contributed by atoms with van der Waals surface area (Å²) in [4.78, 5) is 18.9. The van der Waals surface area contributed by atoms with E-state index in [1.807, 2.05) is 67.5 Å². The Morgan fingerprint density at radius 3 is 2.38 bits per heavy atom. The van der Waals surface area contributed by atoms with E-state index in [1.54, 1.807) is 12.4 Å². The van der Waals surface area contributed by atoms with Crippen molar-refractivity contribution in [1.82, 2.24) is 4.98 Å². The van der Waals surface area contributed by atoms with Crippen LogP contribution in [0.3, 0.4) is 0 Å². The summed E-state index contributed by atoms with van der Waals surface area (Å²) < 4.78 is 0. The summed E-state index contributed by atoms with van der Waals surface area (Å²) in [5.41, 5.74) is 2.40. The van der Waals surface area contributed by atoms with Gasteiger partial charge < -0.3 is 4.90 Å². The Morgan fingerprint density at radius 1 is 0.952 bits per heavy atom. The maximum Gasteiger partial charge on any atom is 0.195 e. The Kier molecular flexibility index (Phi) is 3.40. The van der Waals surface area contributed by atoms with Crippen LogP contribution < -0.4 is 4.90 Å². The second-order valence-corrected chi connectivity index (χ2v) is 5.18. The van der Waals surface area contributed by atoms with E-state index < -0.39 is 0 Å². The van der Waals surface area contributed by atoms with Crippen LogP contribution in [0, 0.1) is 0 Å². The van der Waals surface area contributed by atoms with Crippen molar-refractivity contribution in [1.29, 1.82) is 0 Å². The van der Waals surface area contributed by atoms with E-state index in [4.69, 9.17) is 0 Å². The molecule has 0 unspecified atom stereocenters. The van der Waals surface area contributed by atoms with Gasteiger partial charge in [0.1, 0.15) is 0 Å². The lowest BCUT2D eigenvalue weighted by molar-refractivity contribution is 0.104. The molecule has 0 N–H and O–H groups in total. The zero-order valence-electron chi connectivity index (χ0n) is 12.1. The molecule has 0 amide bonds. The highest BCUT2D eigenvalue weighted by Crippen LogP contribution is 2.21. The van der Waals surface area contributed by atoms with E-state index in [1.165, 1.54) is 0 Å². The zero-order chi connectivity index (χ0) is 14.8. The van der Waals surface area contributed by atoms with Gasteiger partial charge in [-0.05, 0) is 29.7 Å². The first-order valence-electron chi connectivity index (χ1n) is 6.81. The molecule has 0 spiro atoms. The maximum absolute atomic E-state index is 12.7. The highest BCUT2D eigenvalue weighted by atomic mass is 16.1. The molecule has 3 nitrogen and oxygen atoms in total. The molecule has 1 aromatic heterocycles. The van der Waals surface area contributed by atoms with Crippen LogP contribution >= 0.6 is 0 Å². The number of hydrogen-bond donors (Lipinski definition) is 0. The molecule has 0 atom stereocenters. The van der Waals surface area contributed by atoms with Crippen LogP contribution in [-0.2, 0) is 0 Å². The van der Waals surface area contributed by atoms with Gasteiger partial charge in [0.05, 0.1) is 0 Å². The number of fused-ring (bicyclic) bond motifs is 1. The fourth-order valence-electron chi connectivity index (χ4n) is 2.36. The summed E-state index contributed by atoms with van der Waals surface area (Å²) in [5, 5.41) is 1.92. The number of benzene rings is 2. The van der Waals surface area contributed by atoms with Gasteiger partial charge in [0.25, 0.3) is 0 Å². The quantitative estimate of drug-likeness (QED) is 0.686. The summed E-state index contributed by atoms with van der Waals surface area (Å²) >= 11 is 0. The molecule has 21 heavy (non-hydrogen) atoms. The summed E-state index contributed by atoms with van der Waals surface area (Å²) in [6.07, 6.45) is 3.42. The molecule has 0 aliphatic rings. The van der Waals surface area contributed by atoms with E-state index in [-0.39, 0.29) is 5.78 Å². The molecule has 0 radical (unpaired) electrons. The van der Waals surface area contributed by atoms with Crippen LogP contribution in [0.25, 0.3) is 10.8 Å². The predicted molar refractivity (Wildman–Crippen MR) is 85.9 cm³/mol. The van der Waals surface area contributed by atoms with Crippen molar-refractivity contribution < 1.29 is 4.79 Å². The Balaban J connectivity index is 2.04. The van der Waals surface area contributed by atoms with Gasteiger partial charge in [-0.2, -0.15) is 0 Å². The SMILES string of the molecule is CN(C)c1ccc(C(=O)c2cncc3ccccc23)cc1. The summed E-state index contributed by atoms with van der Waals surface area (Å²) in [6, 6.07) is 15.4. The van der Waals surface area contributed by atoms with Gasteiger partial charge in [0.2, 0.25) is 0 Å². The first-order chi connectivity index (χ1) is 10.2. The summed E-state index contributed by atoms with van der Waals surface area (Å²) in [7, 11) is 3.96. The van der Waals surface area contributed by atoms with Crippen molar-refractivity contribution in [2.45, 2.75) is 0 Å². The molecule has 0 saturated heterocycles. The van der Waals surface area contributed by atoms with Crippen LogP contribution in [0.5, 0.6) is 0 Å². The largest absolute Gasteiger partial charge is 0.378 e. The second kappa shape index (κ2) is 5.37. The minimum absolute atomic E-state index is 0.00426. The molecule has 104 valence electrons. The molecule has 3 rings (SSSR count). The number of ketones is 1. The molecule has 0 aliphatic carbocycles. The van der Waals surface area contributed by atoms with E-state index in [0.717, 1.165) is 16.5 Å². The number of anilines is 1. The molecule has 0 aliphatic heterocycles. The number of rotatable bonds is 3. The number of carbonyl (C=O) groups excluding carboxylic acids is 1. The van der Waals surface area contributed by atoms with Crippen molar-refractivity contribution in [2.24, 2.45) is 0 Å². The van der Waals surface area contributed by atoms with Gasteiger partial charge in [0, 0.05) is 48.7 Å². The third-order valence-corrected chi connectivity index (χ3v) is 3.56. The van der Waals surface area contributed by atoms with Crippen molar-refractivity contribution >= 4 is 22.2 Å². The molecule has 3 heteroatoms. The molecular weight excluding hydrogens is 260 g/mol. The number of aromatic nitrogens is 1. The van der Waals surface area contributed by atoms with Gasteiger partial charge in [0.15, 0.2) is 5.78 Å². The van der Waals surface area contributed by atoms with Crippen LogP contribution in [-0.4, -0.2) is 24.9 Å². The fraction of sp³-hybridized carbons (Fsp3) is 0.111. The average Bonchev–Trinajstić information content (AvgIpc) is 2.53. The smallest absolute Gasteiger partial charge is 0.195 e. The Labute approximate surface area is 123 Å². The zero-order valence-corrected chi connectivity index (χ0v) is 12.1. The highest BCUT2D eigenvalue weighted by Gasteiger charge is 2.12. The Hall–Kier alpha value is -2.68. The van der Waals surface area contributed by atoms with E-state index >= 15 is 0 Å². The normalized spacial score (nSPS) is 10.6. The second-order valence-electron chi connectivity index (χ2n) is 5.18. The van der Waals surface area contributed by atoms with Gasteiger partial charge >= 0.3 is 0 Å². The monoisotopic (exact) mass is 276 g/mol. The van der Waals surface area contributed by atoms with Gasteiger partial charge in [-0.1, -0.05) is 24.3 Å². The summed E-state index contributed by atoms with van der Waals surface area (Å²) in [5.74, 6) is 0.00426. The molecule has 0 saturated carbocycles. The molecule has 1 heterocycles. The molecule has 2 aromatic carbocycles. The van der Waals surface area contributed by atoms with Crippen LogP contribution in [0.1, 0.15) is 15.9 Å². The third kappa shape index (κ3) is 2.50. The van der Waals surface area contributed by atoms with Gasteiger partial charge in [-0.3, -0.25) is 9.78 Å². The first kappa shape index (κ1) is 13.3. The van der Waals surface area contributed by atoms with E-state index in [9.17, 15) is 4.79 Å². The predicted octanol–water partition coefficient (Wildman–Crippen LogP) is 3.53. The molecule has 0 bridgehead atoms. The average molecular weight is 276 g/mol. The van der Waals surface area contributed by atoms with Crippen molar-refractivity contribution in [3.63, 3.8) is 0 Å². The number of carbonyl (C=O) groups is 1. The molecular formula is C18H16N2O. The van der Waals surface area contributed by atoms with Crippen LogP contribution in [0.15, 0.2) is 60.9 Å². The lowest BCUT2D eigenvalue weighted by atomic mass is 9.99. The van der Waals surface area contributed by atoms with Crippen molar-refractivity contribution in [3.8, 4) is 0 Å². The number of hydrogen-bond acceptors (Lipinski definition) is 3. The maximum atomic E-state index is 12.7. The standard InChI is InChI=1S/C18H16N2O/c1-20(2)15-9-7-13(8-10-15)18(21)17-12-19-11-14-5-3-4-6-16(14)17/h3-12H,1-2H3. The van der Waals surface area contributed by atoms with Gasteiger partial charge in [-0.25, -0.2) is 0 Å². The highest BCUT2D eigenvalue weighted by molar-refractivity contribution is 6.16. The lowest BCUT2D eigenvalue weighted by Gasteiger charge is -2.12. The minimum Gasteiger partial charge on any atom is -0.378 e. The summed E-state index contributed by atoms with van der Waals surface area (Å²) in [6.45, 7) is 0. The number of pyridine rings is 1. The van der Waals surface area contributed by atoms with Crippen molar-refractivity contribution in [3.05, 3.63) is 72.1 Å². The fourth-order valence-corrected chi connectivity index (χ4v) is 2.36. The van der Waals surface area contributed by atoms with E-state index in [0.29, 0.717) is 11.1 Å². The van der Waals surface area contributed by atoms with Crippen LogP contribution in [0.2, 0.25) is 0 Å². The third-order valence-electron chi connectivity index (χ3n) is 3.56. The van der Waals surface area contributed by atoms with Crippen LogP contribution in [0.4, 0.5) is 5.69 Å².